The fourth-order valence-corrected chi connectivity index (χ4v) is 5.15. The molecule has 116 valence electrons. The predicted molar refractivity (Wildman–Crippen MR) is 66.1 cm³/mol. The van der Waals surface area contributed by atoms with Crippen LogP contribution >= 0.6 is 0 Å². The molecule has 0 atom stereocenters. The van der Waals surface area contributed by atoms with E-state index in [9.17, 15) is 21.8 Å². The first-order valence-electron chi connectivity index (χ1n) is 7.10. The first-order valence-corrected chi connectivity index (χ1v) is 8.51. The van der Waals surface area contributed by atoms with Crippen LogP contribution in [0.4, 0.5) is 8.78 Å². The second-order valence-electron chi connectivity index (χ2n) is 7.00. The van der Waals surface area contributed by atoms with E-state index in [2.05, 4.69) is 0 Å². The van der Waals surface area contributed by atoms with Crippen molar-refractivity contribution in [2.24, 2.45) is 23.2 Å². The van der Waals surface area contributed by atoms with Crippen molar-refractivity contribution in [3.05, 3.63) is 0 Å². The molecular weight excluding hydrogens is 290 g/mol. The zero-order chi connectivity index (χ0) is 14.6. The lowest BCUT2D eigenvalue weighted by atomic mass is 9.50. The summed E-state index contributed by atoms with van der Waals surface area (Å²) in [7, 11) is -5.64. The van der Waals surface area contributed by atoms with Crippen molar-refractivity contribution in [2.45, 2.75) is 43.8 Å². The minimum Gasteiger partial charge on any atom is -0.743 e. The van der Waals surface area contributed by atoms with Crippen LogP contribution in [-0.2, 0) is 14.9 Å². The minimum atomic E-state index is -5.64. The largest absolute Gasteiger partial charge is 0.743 e. The smallest absolute Gasteiger partial charge is 0.357 e. The molecule has 0 amide bonds. The van der Waals surface area contributed by atoms with Gasteiger partial charge < -0.3 is 9.29 Å². The van der Waals surface area contributed by atoms with E-state index in [1.54, 1.807) is 0 Å². The highest BCUT2D eigenvalue weighted by Crippen LogP contribution is 2.60. The summed E-state index contributed by atoms with van der Waals surface area (Å²) in [6, 6.07) is 0. The second kappa shape index (κ2) is 4.61. The van der Waals surface area contributed by atoms with Crippen LogP contribution in [0.15, 0.2) is 0 Å². The first kappa shape index (κ1) is 14.7. The van der Waals surface area contributed by atoms with E-state index in [4.69, 9.17) is 4.74 Å². The second-order valence-corrected chi connectivity index (χ2v) is 8.51. The van der Waals surface area contributed by atoms with Gasteiger partial charge in [-0.2, -0.15) is 8.78 Å². The van der Waals surface area contributed by atoms with Gasteiger partial charge in [0.25, 0.3) is 0 Å². The van der Waals surface area contributed by atoms with Gasteiger partial charge in [0.1, 0.15) is 6.61 Å². The van der Waals surface area contributed by atoms with Crippen molar-refractivity contribution >= 4 is 10.1 Å². The molecular formula is C13H19F2O4S-. The van der Waals surface area contributed by atoms with E-state index in [0.717, 1.165) is 19.3 Å². The van der Waals surface area contributed by atoms with Gasteiger partial charge in [-0.15, -0.1) is 0 Å². The molecule has 7 heteroatoms. The zero-order valence-corrected chi connectivity index (χ0v) is 12.0. The molecule has 4 saturated carbocycles. The van der Waals surface area contributed by atoms with Gasteiger partial charge in [-0.05, 0) is 61.7 Å². The SMILES string of the molecule is O=S(=O)([O-])C(F)(F)COCC12CC3CC(CC(C3)C1)C2. The first-order chi connectivity index (χ1) is 9.19. The summed E-state index contributed by atoms with van der Waals surface area (Å²) < 4.78 is 62.4. The molecule has 4 nitrogen and oxygen atoms in total. The molecule has 4 fully saturated rings. The number of hydrogen-bond donors (Lipinski definition) is 0. The number of hydrogen-bond acceptors (Lipinski definition) is 4. The maximum atomic E-state index is 13.1. The average molecular weight is 309 g/mol. The third kappa shape index (κ3) is 2.60. The highest BCUT2D eigenvalue weighted by Gasteiger charge is 2.51. The molecule has 0 saturated heterocycles. The molecule has 0 aromatic heterocycles. The highest BCUT2D eigenvalue weighted by molar-refractivity contribution is 7.86. The molecule has 0 radical (unpaired) electrons. The number of ether oxygens (including phenoxy) is 1. The fourth-order valence-electron chi connectivity index (χ4n) is 4.93. The lowest BCUT2D eigenvalue weighted by Crippen LogP contribution is -2.48. The summed E-state index contributed by atoms with van der Waals surface area (Å²) >= 11 is 0. The maximum Gasteiger partial charge on any atom is 0.357 e. The molecule has 4 rings (SSSR count). The van der Waals surface area contributed by atoms with E-state index >= 15 is 0 Å². The van der Waals surface area contributed by atoms with Crippen LogP contribution < -0.4 is 0 Å². The normalized spacial score (nSPS) is 40.2. The van der Waals surface area contributed by atoms with E-state index < -0.39 is 22.0 Å². The zero-order valence-electron chi connectivity index (χ0n) is 11.2. The molecule has 4 aliphatic rings. The van der Waals surface area contributed by atoms with Gasteiger partial charge >= 0.3 is 5.25 Å². The van der Waals surface area contributed by atoms with E-state index in [-0.39, 0.29) is 12.0 Å². The van der Waals surface area contributed by atoms with Crippen LogP contribution in [0.2, 0.25) is 0 Å². The third-order valence-corrected chi connectivity index (χ3v) is 6.06. The Hall–Kier alpha value is -0.270. The van der Waals surface area contributed by atoms with Gasteiger partial charge in [0.05, 0.1) is 6.61 Å². The van der Waals surface area contributed by atoms with Crippen LogP contribution in [0.25, 0.3) is 0 Å². The van der Waals surface area contributed by atoms with Crippen molar-refractivity contribution in [3.63, 3.8) is 0 Å². The topological polar surface area (TPSA) is 66.4 Å². The van der Waals surface area contributed by atoms with Crippen molar-refractivity contribution in [3.8, 4) is 0 Å². The van der Waals surface area contributed by atoms with Gasteiger partial charge in [-0.3, -0.25) is 0 Å². The Morgan fingerprint density at radius 1 is 1.10 bits per heavy atom. The summed E-state index contributed by atoms with van der Waals surface area (Å²) in [5.41, 5.74) is -0.0581. The Kier molecular flexibility index (Phi) is 3.38. The summed E-state index contributed by atoms with van der Waals surface area (Å²) in [5.74, 6) is 2.02. The van der Waals surface area contributed by atoms with Gasteiger partial charge in [0.2, 0.25) is 0 Å². The quantitative estimate of drug-likeness (QED) is 0.731. The van der Waals surface area contributed by atoms with Gasteiger partial charge in [0.15, 0.2) is 10.1 Å². The monoisotopic (exact) mass is 309 g/mol. The van der Waals surface area contributed by atoms with Crippen molar-refractivity contribution < 1.29 is 26.5 Å². The minimum absolute atomic E-state index is 0.0581. The molecule has 0 aromatic rings. The molecule has 0 aliphatic heterocycles. The van der Waals surface area contributed by atoms with Crippen LogP contribution in [0.1, 0.15) is 38.5 Å². The average Bonchev–Trinajstić information content (AvgIpc) is 2.24. The Morgan fingerprint density at radius 3 is 1.95 bits per heavy atom. The predicted octanol–water partition coefficient (Wildman–Crippen LogP) is 2.36. The molecule has 0 unspecified atom stereocenters. The Morgan fingerprint density at radius 2 is 1.55 bits per heavy atom. The van der Waals surface area contributed by atoms with Crippen LogP contribution in [-0.4, -0.2) is 31.4 Å². The Balaban J connectivity index is 1.59. The third-order valence-electron chi connectivity index (χ3n) is 5.21. The van der Waals surface area contributed by atoms with Crippen LogP contribution in [0, 0.1) is 23.2 Å². The van der Waals surface area contributed by atoms with Gasteiger partial charge in [-0.1, -0.05) is 0 Å². The van der Waals surface area contributed by atoms with E-state index in [1.165, 1.54) is 19.3 Å². The molecule has 4 aliphatic carbocycles. The maximum absolute atomic E-state index is 13.1. The van der Waals surface area contributed by atoms with E-state index in [1.807, 2.05) is 0 Å². The molecule has 0 heterocycles. The lowest BCUT2D eigenvalue weighted by molar-refractivity contribution is -0.115. The summed E-state index contributed by atoms with van der Waals surface area (Å²) in [4.78, 5) is 0. The summed E-state index contributed by atoms with van der Waals surface area (Å²) in [6.45, 7) is -1.16. The number of rotatable bonds is 5. The molecule has 20 heavy (non-hydrogen) atoms. The molecule has 0 spiro atoms. The Bertz CT molecular complexity index is 453. The van der Waals surface area contributed by atoms with Crippen molar-refractivity contribution in [1.82, 2.24) is 0 Å². The van der Waals surface area contributed by atoms with Crippen LogP contribution in [0.5, 0.6) is 0 Å². The summed E-state index contributed by atoms with van der Waals surface area (Å²) in [5, 5.41) is -4.32. The standard InChI is InChI=1S/C13H20F2O4S/c14-13(15,20(16,17)18)8-19-7-12-4-9-1-10(5-12)3-11(2-9)6-12/h9-11H,1-8H2,(H,16,17,18)/p-1. The molecule has 4 bridgehead atoms. The lowest BCUT2D eigenvalue weighted by Gasteiger charge is -2.56. The Labute approximate surface area is 117 Å². The van der Waals surface area contributed by atoms with Crippen LogP contribution in [0.3, 0.4) is 0 Å². The van der Waals surface area contributed by atoms with E-state index in [0.29, 0.717) is 17.8 Å². The number of alkyl halides is 2. The van der Waals surface area contributed by atoms with Crippen molar-refractivity contribution in [2.75, 3.05) is 13.2 Å². The van der Waals surface area contributed by atoms with Gasteiger partial charge in [-0.25, -0.2) is 8.42 Å². The van der Waals surface area contributed by atoms with Crippen molar-refractivity contribution in [1.29, 1.82) is 0 Å². The molecule has 0 N–H and O–H groups in total. The summed E-state index contributed by atoms with van der Waals surface area (Å²) in [6.07, 6.45) is 6.71. The highest BCUT2D eigenvalue weighted by atomic mass is 32.2. The molecule has 0 aromatic carbocycles. The number of halogens is 2. The van der Waals surface area contributed by atoms with Gasteiger partial charge in [0, 0.05) is 0 Å². The fraction of sp³-hybridized carbons (Fsp3) is 1.00.